The van der Waals surface area contributed by atoms with Crippen LogP contribution in [0, 0.1) is 6.92 Å². The fraction of sp³-hybridized carbons (Fsp3) is 0.368. The summed E-state index contributed by atoms with van der Waals surface area (Å²) >= 11 is 0. The van der Waals surface area contributed by atoms with Gasteiger partial charge in [-0.05, 0) is 48.6 Å². The van der Waals surface area contributed by atoms with Gasteiger partial charge in [0.05, 0.1) is 13.7 Å². The molecule has 0 spiro atoms. The van der Waals surface area contributed by atoms with E-state index in [2.05, 4.69) is 37.3 Å². The Morgan fingerprint density at radius 1 is 1.05 bits per heavy atom. The SMILES string of the molecule is COCc1cc(C)c(-c2ccc(CC(C)N)cc2)c(OC)c1. The van der Waals surface area contributed by atoms with Crippen LogP contribution in [0.3, 0.4) is 0 Å². The van der Waals surface area contributed by atoms with Crippen molar-refractivity contribution < 1.29 is 9.47 Å². The molecule has 0 fully saturated rings. The van der Waals surface area contributed by atoms with Crippen molar-refractivity contribution in [3.8, 4) is 16.9 Å². The van der Waals surface area contributed by atoms with Crippen LogP contribution in [0.2, 0.25) is 0 Å². The van der Waals surface area contributed by atoms with Crippen molar-refractivity contribution in [2.45, 2.75) is 32.9 Å². The molecule has 0 aromatic heterocycles. The molecule has 3 heteroatoms. The van der Waals surface area contributed by atoms with Crippen molar-refractivity contribution in [1.29, 1.82) is 0 Å². The van der Waals surface area contributed by atoms with Gasteiger partial charge in [-0.3, -0.25) is 0 Å². The van der Waals surface area contributed by atoms with Crippen LogP contribution in [0.4, 0.5) is 0 Å². The molecule has 0 aliphatic carbocycles. The summed E-state index contributed by atoms with van der Waals surface area (Å²) in [6, 6.07) is 12.9. The molecule has 0 bridgehead atoms. The number of ether oxygens (including phenoxy) is 2. The van der Waals surface area contributed by atoms with E-state index < -0.39 is 0 Å². The Morgan fingerprint density at radius 3 is 2.27 bits per heavy atom. The first-order chi connectivity index (χ1) is 10.5. The molecule has 0 aliphatic rings. The molecule has 0 radical (unpaired) electrons. The second-order valence-electron chi connectivity index (χ2n) is 5.80. The number of benzene rings is 2. The van der Waals surface area contributed by atoms with E-state index in [1.165, 1.54) is 11.1 Å². The summed E-state index contributed by atoms with van der Waals surface area (Å²) in [7, 11) is 3.41. The molecule has 2 aromatic carbocycles. The van der Waals surface area contributed by atoms with Crippen molar-refractivity contribution >= 4 is 0 Å². The lowest BCUT2D eigenvalue weighted by molar-refractivity contribution is 0.184. The van der Waals surface area contributed by atoms with Gasteiger partial charge < -0.3 is 15.2 Å². The Morgan fingerprint density at radius 2 is 1.73 bits per heavy atom. The fourth-order valence-corrected chi connectivity index (χ4v) is 2.79. The molecule has 0 heterocycles. The van der Waals surface area contributed by atoms with E-state index >= 15 is 0 Å². The molecular weight excluding hydrogens is 274 g/mol. The molecule has 0 saturated carbocycles. The number of hydrogen-bond acceptors (Lipinski definition) is 3. The van der Waals surface area contributed by atoms with Crippen molar-refractivity contribution in [3.63, 3.8) is 0 Å². The molecular formula is C19H25NO2. The third-order valence-corrected chi connectivity index (χ3v) is 3.69. The van der Waals surface area contributed by atoms with Crippen LogP contribution in [-0.2, 0) is 17.8 Å². The van der Waals surface area contributed by atoms with Gasteiger partial charge in [0, 0.05) is 18.7 Å². The van der Waals surface area contributed by atoms with Crippen molar-refractivity contribution in [2.24, 2.45) is 5.73 Å². The highest BCUT2D eigenvalue weighted by molar-refractivity contribution is 5.74. The van der Waals surface area contributed by atoms with Gasteiger partial charge in [0.1, 0.15) is 5.75 Å². The minimum atomic E-state index is 0.176. The third-order valence-electron chi connectivity index (χ3n) is 3.69. The van der Waals surface area contributed by atoms with Crippen molar-refractivity contribution in [1.82, 2.24) is 0 Å². The summed E-state index contributed by atoms with van der Waals surface area (Å²) in [4.78, 5) is 0. The lowest BCUT2D eigenvalue weighted by Gasteiger charge is -2.15. The van der Waals surface area contributed by atoms with Crippen LogP contribution < -0.4 is 10.5 Å². The highest BCUT2D eigenvalue weighted by Gasteiger charge is 2.11. The minimum Gasteiger partial charge on any atom is -0.496 e. The zero-order valence-electron chi connectivity index (χ0n) is 13.8. The highest BCUT2D eigenvalue weighted by Crippen LogP contribution is 2.34. The molecule has 0 amide bonds. The molecule has 0 saturated heterocycles. The predicted octanol–water partition coefficient (Wildman–Crippen LogP) is 3.71. The zero-order chi connectivity index (χ0) is 16.1. The molecule has 1 unspecified atom stereocenters. The van der Waals surface area contributed by atoms with E-state index in [9.17, 15) is 0 Å². The first kappa shape index (κ1) is 16.5. The van der Waals surface area contributed by atoms with Gasteiger partial charge in [0.25, 0.3) is 0 Å². The Bertz CT molecular complexity index is 618. The summed E-state index contributed by atoms with van der Waals surface area (Å²) in [5.74, 6) is 0.881. The number of rotatable bonds is 6. The van der Waals surface area contributed by atoms with Gasteiger partial charge in [-0.15, -0.1) is 0 Å². The Hall–Kier alpha value is -1.84. The molecule has 0 aliphatic heterocycles. The molecule has 22 heavy (non-hydrogen) atoms. The zero-order valence-corrected chi connectivity index (χ0v) is 13.8. The van der Waals surface area contributed by atoms with Crippen LogP contribution in [0.15, 0.2) is 36.4 Å². The molecule has 2 N–H and O–H groups in total. The standard InChI is InChI=1S/C19H25NO2/c1-13-9-16(12-21-3)11-18(22-4)19(13)17-7-5-15(6-8-17)10-14(2)20/h5-9,11,14H,10,12,20H2,1-4H3. The number of methoxy groups -OCH3 is 2. The van der Waals surface area contributed by atoms with Crippen LogP contribution in [-0.4, -0.2) is 20.3 Å². The van der Waals surface area contributed by atoms with Gasteiger partial charge in [-0.2, -0.15) is 0 Å². The van der Waals surface area contributed by atoms with Crippen molar-refractivity contribution in [3.05, 3.63) is 53.1 Å². The van der Waals surface area contributed by atoms with Gasteiger partial charge in [0.2, 0.25) is 0 Å². The lowest BCUT2D eigenvalue weighted by atomic mass is 9.95. The second kappa shape index (κ2) is 7.43. The average Bonchev–Trinajstić information content (AvgIpc) is 2.47. The van der Waals surface area contributed by atoms with Gasteiger partial charge in [-0.1, -0.05) is 30.3 Å². The molecule has 2 rings (SSSR count). The summed E-state index contributed by atoms with van der Waals surface area (Å²) in [6.07, 6.45) is 0.892. The predicted molar refractivity (Wildman–Crippen MR) is 91.2 cm³/mol. The van der Waals surface area contributed by atoms with Gasteiger partial charge in [0.15, 0.2) is 0 Å². The van der Waals surface area contributed by atoms with Crippen LogP contribution in [0.25, 0.3) is 11.1 Å². The van der Waals surface area contributed by atoms with E-state index in [-0.39, 0.29) is 6.04 Å². The molecule has 3 nitrogen and oxygen atoms in total. The maximum Gasteiger partial charge on any atom is 0.127 e. The first-order valence-corrected chi connectivity index (χ1v) is 7.56. The van der Waals surface area contributed by atoms with Crippen LogP contribution >= 0.6 is 0 Å². The van der Waals surface area contributed by atoms with E-state index in [1.807, 2.05) is 13.0 Å². The van der Waals surface area contributed by atoms with E-state index in [0.29, 0.717) is 6.61 Å². The first-order valence-electron chi connectivity index (χ1n) is 7.56. The highest BCUT2D eigenvalue weighted by atomic mass is 16.5. The van der Waals surface area contributed by atoms with Crippen LogP contribution in [0.5, 0.6) is 5.75 Å². The monoisotopic (exact) mass is 299 g/mol. The topological polar surface area (TPSA) is 44.5 Å². The Labute approximate surface area is 133 Å². The van der Waals surface area contributed by atoms with E-state index in [1.54, 1.807) is 14.2 Å². The van der Waals surface area contributed by atoms with Gasteiger partial charge in [-0.25, -0.2) is 0 Å². The minimum absolute atomic E-state index is 0.176. The average molecular weight is 299 g/mol. The van der Waals surface area contributed by atoms with Crippen molar-refractivity contribution in [2.75, 3.05) is 14.2 Å². The van der Waals surface area contributed by atoms with Crippen LogP contribution in [0.1, 0.15) is 23.6 Å². The number of hydrogen-bond donors (Lipinski definition) is 1. The summed E-state index contributed by atoms with van der Waals surface area (Å²) in [5.41, 5.74) is 11.7. The normalized spacial score (nSPS) is 12.2. The maximum absolute atomic E-state index is 5.86. The molecule has 118 valence electrons. The van der Waals surface area contributed by atoms with Gasteiger partial charge >= 0.3 is 0 Å². The molecule has 2 aromatic rings. The Balaban J connectivity index is 2.38. The quantitative estimate of drug-likeness (QED) is 0.884. The second-order valence-corrected chi connectivity index (χ2v) is 5.80. The maximum atomic E-state index is 5.86. The summed E-state index contributed by atoms with van der Waals surface area (Å²) in [5, 5.41) is 0. The molecule has 1 atom stereocenters. The fourth-order valence-electron chi connectivity index (χ4n) is 2.79. The van der Waals surface area contributed by atoms with E-state index in [4.69, 9.17) is 15.2 Å². The smallest absolute Gasteiger partial charge is 0.127 e. The summed E-state index contributed by atoms with van der Waals surface area (Å²) in [6.45, 7) is 4.72. The number of nitrogens with two attached hydrogens (primary N) is 1. The third kappa shape index (κ3) is 3.87. The number of aryl methyl sites for hydroxylation is 1. The Kier molecular flexibility index (Phi) is 5.58. The largest absolute Gasteiger partial charge is 0.496 e. The van der Waals surface area contributed by atoms with E-state index in [0.717, 1.165) is 28.9 Å². The lowest BCUT2D eigenvalue weighted by Crippen LogP contribution is -2.17. The summed E-state index contributed by atoms with van der Waals surface area (Å²) < 4.78 is 10.8.